The van der Waals surface area contributed by atoms with Crippen molar-refractivity contribution in [1.82, 2.24) is 5.32 Å². The molecule has 0 atom stereocenters. The van der Waals surface area contributed by atoms with Crippen molar-refractivity contribution in [2.45, 2.75) is 19.8 Å². The Morgan fingerprint density at radius 3 is 2.18 bits per heavy atom. The van der Waals surface area contributed by atoms with Gasteiger partial charge in [0.25, 0.3) is 0 Å². The van der Waals surface area contributed by atoms with E-state index in [4.69, 9.17) is 24.4 Å². The molecule has 0 bridgehead atoms. The van der Waals surface area contributed by atoms with Crippen LogP contribution < -0.4 is 5.32 Å². The molecule has 8 heteroatoms. The summed E-state index contributed by atoms with van der Waals surface area (Å²) < 4.78 is 17.1. The molecule has 0 aliphatic rings. The Kier molecular flexibility index (Phi) is 24.4. The first kappa shape index (κ1) is 23.7. The van der Waals surface area contributed by atoms with Gasteiger partial charge in [-0.15, -0.1) is 0 Å². The van der Waals surface area contributed by atoms with Crippen molar-refractivity contribution >= 4 is 28.7 Å². The first-order chi connectivity index (χ1) is 10.7. The third kappa shape index (κ3) is 24.4. The second-order valence-electron chi connectivity index (χ2n) is 3.80. The molecule has 0 rings (SSSR count). The van der Waals surface area contributed by atoms with Gasteiger partial charge in [0.15, 0.2) is 6.61 Å². The fraction of sp³-hybridized carbons (Fsp3) is 0.786. The highest BCUT2D eigenvalue weighted by atomic mass is 127. The normalized spacial score (nSPS) is 9.09. The van der Waals surface area contributed by atoms with Crippen LogP contribution in [0.5, 0.6) is 0 Å². The molecule has 0 aliphatic heterocycles. The van der Waals surface area contributed by atoms with Crippen molar-refractivity contribution < 1.29 is 29.2 Å². The maximum atomic E-state index is 10.8. The van der Waals surface area contributed by atoms with Crippen LogP contribution in [0.2, 0.25) is 0 Å². The second-order valence-corrected chi connectivity index (χ2v) is 4.34. The number of ether oxygens (including phenoxy) is 3. The number of halogens is 1. The predicted molar refractivity (Wildman–Crippen MR) is 91.9 cm³/mol. The summed E-state index contributed by atoms with van der Waals surface area (Å²) in [6.45, 7) is 4.63. The Morgan fingerprint density at radius 1 is 1.14 bits per heavy atom. The van der Waals surface area contributed by atoms with Gasteiger partial charge in [-0.05, 0) is 10.3 Å². The Labute approximate surface area is 145 Å². The third-order valence-corrected chi connectivity index (χ3v) is 2.37. The first-order valence-electron chi connectivity index (χ1n) is 7.09. The van der Waals surface area contributed by atoms with Crippen molar-refractivity contribution in [2.75, 3.05) is 52.8 Å². The Balaban J connectivity index is 0. The Morgan fingerprint density at radius 2 is 1.73 bits per heavy atom. The van der Waals surface area contributed by atoms with Crippen LogP contribution in [-0.2, 0) is 14.2 Å². The third-order valence-electron chi connectivity index (χ3n) is 1.99. The van der Waals surface area contributed by atoms with E-state index in [0.717, 1.165) is 12.8 Å². The van der Waals surface area contributed by atoms with Gasteiger partial charge in [0, 0.05) is 29.1 Å². The van der Waals surface area contributed by atoms with Crippen molar-refractivity contribution in [3.05, 3.63) is 0 Å². The molecule has 3 N–H and O–H groups in total. The molecule has 0 spiro atoms. The molecule has 0 aliphatic carbocycles. The van der Waals surface area contributed by atoms with Crippen LogP contribution in [-0.4, -0.2) is 69.1 Å². The zero-order valence-corrected chi connectivity index (χ0v) is 15.1. The molecule has 0 saturated carbocycles. The van der Waals surface area contributed by atoms with Crippen molar-refractivity contribution in [2.24, 2.45) is 0 Å². The second kappa shape index (κ2) is 22.7. The predicted octanol–water partition coefficient (Wildman–Crippen LogP) is 0.913. The maximum Gasteiger partial charge on any atom is 0.408 e. The number of carbonyl (C=O) groups is 1. The number of alkyl carbamates (subject to hydrolysis) is 1. The molecule has 0 radical (unpaired) electrons. The lowest BCUT2D eigenvalue weighted by atomic mass is 10.3. The summed E-state index contributed by atoms with van der Waals surface area (Å²) in [4.78, 5) is 10.8. The molecule has 0 unspecified atom stereocenters. The quantitative estimate of drug-likeness (QED) is 0.256. The van der Waals surface area contributed by atoms with E-state index in [-0.39, 0.29) is 25.9 Å². The number of aliphatic hydroxyl groups excluding tert-OH is 2. The van der Waals surface area contributed by atoms with Crippen molar-refractivity contribution in [3.63, 3.8) is 0 Å². The van der Waals surface area contributed by atoms with Crippen molar-refractivity contribution in [3.8, 4) is 9.85 Å². The summed E-state index contributed by atoms with van der Waals surface area (Å²) in [6.07, 6.45) is 1.66. The zero-order chi connectivity index (χ0) is 16.9. The number of unbranched alkanes of at least 4 members (excludes halogenated alkanes) is 1. The monoisotopic (exact) mass is 431 g/mol. The average molecular weight is 431 g/mol. The van der Waals surface area contributed by atoms with Gasteiger partial charge in [-0.1, -0.05) is 19.3 Å². The average Bonchev–Trinajstić information content (AvgIpc) is 2.52. The number of carbonyl (C=O) groups excluding carboxylic acids is 1. The number of hydrogen-bond donors (Lipinski definition) is 3. The lowest BCUT2D eigenvalue weighted by molar-refractivity contribution is 0.0222. The molecule has 1 amide bonds. The van der Waals surface area contributed by atoms with Gasteiger partial charge in [-0.25, -0.2) is 4.79 Å². The minimum Gasteiger partial charge on any atom is -0.436 e. The van der Waals surface area contributed by atoms with E-state index >= 15 is 0 Å². The topological polar surface area (TPSA) is 97.3 Å². The van der Waals surface area contributed by atoms with E-state index in [2.05, 4.69) is 22.1 Å². The maximum absolute atomic E-state index is 10.8. The molecule has 7 nitrogen and oxygen atoms in total. The minimum absolute atomic E-state index is 0.0417. The molecular weight excluding hydrogens is 405 g/mol. The van der Waals surface area contributed by atoms with Crippen LogP contribution in [0.4, 0.5) is 4.79 Å². The number of nitrogens with one attached hydrogen (secondary N) is 1. The molecule has 0 saturated heterocycles. The summed E-state index contributed by atoms with van der Waals surface area (Å²) in [5, 5.41) is 19.1. The van der Waals surface area contributed by atoms with Gasteiger partial charge < -0.3 is 29.7 Å². The Hall–Kier alpha value is -0.600. The number of hydrogen-bond acceptors (Lipinski definition) is 6. The van der Waals surface area contributed by atoms with Gasteiger partial charge >= 0.3 is 6.09 Å². The fourth-order valence-corrected chi connectivity index (χ4v) is 1.15. The number of rotatable bonds is 11. The van der Waals surface area contributed by atoms with E-state index in [1.54, 1.807) is 0 Å². The largest absolute Gasteiger partial charge is 0.436 e. The van der Waals surface area contributed by atoms with Crippen LogP contribution in [0.25, 0.3) is 0 Å². The van der Waals surface area contributed by atoms with Crippen LogP contribution in [0.1, 0.15) is 19.8 Å². The summed E-state index contributed by atoms with van der Waals surface area (Å²) >= 11 is 1.90. The van der Waals surface area contributed by atoms with E-state index in [0.29, 0.717) is 33.0 Å². The molecule has 0 aromatic rings. The van der Waals surface area contributed by atoms with Gasteiger partial charge in [-0.3, -0.25) is 0 Å². The van der Waals surface area contributed by atoms with Crippen LogP contribution in [0.15, 0.2) is 0 Å². The van der Waals surface area contributed by atoms with Gasteiger partial charge in [0.2, 0.25) is 0 Å². The summed E-state index contributed by atoms with van der Waals surface area (Å²) in [7, 11) is 0. The molecule has 0 aromatic carbocycles. The highest BCUT2D eigenvalue weighted by Gasteiger charge is 1.97. The van der Waals surface area contributed by atoms with Crippen molar-refractivity contribution in [1.29, 1.82) is 0 Å². The zero-order valence-electron chi connectivity index (χ0n) is 13.0. The highest BCUT2D eigenvalue weighted by Crippen LogP contribution is 1.84. The van der Waals surface area contributed by atoms with Gasteiger partial charge in [0.1, 0.15) is 0 Å². The number of amides is 1. The smallest absolute Gasteiger partial charge is 0.408 e. The molecule has 0 fully saturated rings. The minimum atomic E-state index is -0.386. The van der Waals surface area contributed by atoms with Crippen LogP contribution in [0.3, 0.4) is 0 Å². The van der Waals surface area contributed by atoms with Gasteiger partial charge in [-0.2, -0.15) is 0 Å². The Bertz CT molecular complexity index is 285. The molecule has 0 aromatic heterocycles. The lowest BCUT2D eigenvalue weighted by Gasteiger charge is -2.02. The first-order valence-corrected chi connectivity index (χ1v) is 8.17. The van der Waals surface area contributed by atoms with E-state index in [1.165, 1.54) is 0 Å². The molecule has 22 heavy (non-hydrogen) atoms. The SMILES string of the molecule is CCCCNC(=O)OCC#CI.OCCOCCOCCO. The summed E-state index contributed by atoms with van der Waals surface area (Å²) in [6, 6.07) is 0. The van der Waals surface area contributed by atoms with Crippen LogP contribution in [0, 0.1) is 9.85 Å². The molecular formula is C14H26INO6. The van der Waals surface area contributed by atoms with Crippen LogP contribution >= 0.6 is 22.6 Å². The standard InChI is InChI=1S/C8H12INO2.C6H14O4/c1-2-3-6-10-8(11)12-7-4-5-9;7-1-3-9-5-6-10-4-2-8/h2-3,6-7H2,1H3,(H,10,11);7-8H,1-6H2. The summed E-state index contributed by atoms with van der Waals surface area (Å²) in [5.74, 6) is 2.62. The fourth-order valence-electron chi connectivity index (χ4n) is 0.998. The lowest BCUT2D eigenvalue weighted by Crippen LogP contribution is -2.25. The highest BCUT2D eigenvalue weighted by molar-refractivity contribution is 14.1. The number of aliphatic hydroxyl groups is 2. The van der Waals surface area contributed by atoms with Gasteiger partial charge in [0.05, 0.1) is 39.6 Å². The van der Waals surface area contributed by atoms with E-state index in [9.17, 15) is 4.79 Å². The summed E-state index contributed by atoms with van der Waals surface area (Å²) in [5.41, 5.74) is 0. The van der Waals surface area contributed by atoms with E-state index in [1.807, 2.05) is 22.6 Å². The molecule has 130 valence electrons. The van der Waals surface area contributed by atoms with E-state index < -0.39 is 0 Å². The molecule has 0 heterocycles.